The lowest BCUT2D eigenvalue weighted by molar-refractivity contribution is -0.119. The van der Waals surface area contributed by atoms with E-state index in [1.165, 1.54) is 0 Å². The predicted octanol–water partition coefficient (Wildman–Crippen LogP) is 2.44. The van der Waals surface area contributed by atoms with Gasteiger partial charge in [0.2, 0.25) is 5.91 Å². The summed E-state index contributed by atoms with van der Waals surface area (Å²) < 4.78 is 5.10. The van der Waals surface area contributed by atoms with Crippen molar-refractivity contribution >= 4 is 17.7 Å². The second kappa shape index (κ2) is 8.44. The average molecular weight is 314 g/mol. The van der Waals surface area contributed by atoms with Gasteiger partial charge in [0.1, 0.15) is 5.76 Å². The molecule has 0 fully saturated rings. The summed E-state index contributed by atoms with van der Waals surface area (Å²) in [6.45, 7) is 8.83. The zero-order valence-corrected chi connectivity index (χ0v) is 14.2. The smallest absolute Gasteiger partial charge is 0.230 e. The van der Waals surface area contributed by atoms with Gasteiger partial charge >= 0.3 is 0 Å². The molecule has 1 heterocycles. The fraction of sp³-hybridized carbons (Fsp3) is 0.733. The van der Waals surface area contributed by atoms with Crippen LogP contribution in [0.5, 0.6) is 0 Å². The van der Waals surface area contributed by atoms with Gasteiger partial charge in [0.05, 0.1) is 11.4 Å². The Kier molecular flexibility index (Phi) is 7.25. The third-order valence-electron chi connectivity index (χ3n) is 3.44. The molecule has 5 nitrogen and oxygen atoms in total. The Labute approximate surface area is 130 Å². The van der Waals surface area contributed by atoms with E-state index < -0.39 is 0 Å². The summed E-state index contributed by atoms with van der Waals surface area (Å²) >= 11 is 1.56. The van der Waals surface area contributed by atoms with E-state index in [1.54, 1.807) is 11.8 Å². The van der Waals surface area contributed by atoms with Crippen LogP contribution in [0.15, 0.2) is 4.52 Å². The number of carbonyl (C=O) groups excluding carboxylic acids is 1. The first-order chi connectivity index (χ1) is 9.85. The summed E-state index contributed by atoms with van der Waals surface area (Å²) in [5.41, 5.74) is 1.99. The zero-order valence-electron chi connectivity index (χ0n) is 13.4. The van der Waals surface area contributed by atoms with Crippen LogP contribution in [0.4, 0.5) is 0 Å². The van der Waals surface area contributed by atoms with Crippen molar-refractivity contribution in [3.8, 4) is 0 Å². The van der Waals surface area contributed by atoms with E-state index in [9.17, 15) is 4.79 Å². The van der Waals surface area contributed by atoms with E-state index in [-0.39, 0.29) is 17.9 Å². The largest absolute Gasteiger partial charge is 0.396 e. The number of amides is 1. The van der Waals surface area contributed by atoms with Gasteiger partial charge in [0.15, 0.2) is 0 Å². The summed E-state index contributed by atoms with van der Waals surface area (Å²) in [6.07, 6.45) is 1.67. The molecule has 0 aliphatic carbocycles. The van der Waals surface area contributed by atoms with Crippen LogP contribution in [0.25, 0.3) is 0 Å². The molecule has 0 aliphatic heterocycles. The van der Waals surface area contributed by atoms with Crippen LogP contribution in [0, 0.1) is 19.3 Å². The number of nitrogens with one attached hydrogen (secondary N) is 1. The lowest BCUT2D eigenvalue weighted by atomic mass is 9.88. The Bertz CT molecular complexity index is 438. The molecule has 120 valence electrons. The number of aliphatic hydroxyl groups is 1. The second-order valence-corrected chi connectivity index (χ2v) is 7.05. The van der Waals surface area contributed by atoms with Crippen LogP contribution in [-0.4, -0.2) is 35.1 Å². The lowest BCUT2D eigenvalue weighted by Gasteiger charge is -2.24. The highest BCUT2D eigenvalue weighted by molar-refractivity contribution is 7.99. The summed E-state index contributed by atoms with van der Waals surface area (Å²) in [7, 11) is 0. The molecule has 0 spiro atoms. The standard InChI is InChI=1S/C15H26N2O3S/c1-11-13(12(2)20-17-11)8-21-9-14(19)16-10-15(3,4)6-5-7-18/h18H,5-10H2,1-4H3,(H,16,19). The fourth-order valence-electron chi connectivity index (χ4n) is 1.99. The van der Waals surface area contributed by atoms with Crippen LogP contribution in [0.1, 0.15) is 43.7 Å². The molecule has 0 radical (unpaired) electrons. The van der Waals surface area contributed by atoms with Crippen LogP contribution in [-0.2, 0) is 10.5 Å². The number of carbonyl (C=O) groups is 1. The normalized spacial score (nSPS) is 11.7. The minimum Gasteiger partial charge on any atom is -0.396 e. The molecule has 0 aromatic carbocycles. The van der Waals surface area contributed by atoms with Crippen LogP contribution < -0.4 is 5.32 Å². The van der Waals surface area contributed by atoms with Crippen molar-refractivity contribution in [3.63, 3.8) is 0 Å². The summed E-state index contributed by atoms with van der Waals surface area (Å²) in [5, 5.41) is 15.7. The highest BCUT2D eigenvalue weighted by Crippen LogP contribution is 2.21. The van der Waals surface area contributed by atoms with Gasteiger partial charge in [0, 0.05) is 24.5 Å². The molecule has 6 heteroatoms. The Morgan fingerprint density at radius 3 is 2.71 bits per heavy atom. The summed E-state index contributed by atoms with van der Waals surface area (Å²) in [4.78, 5) is 11.8. The van der Waals surface area contributed by atoms with Crippen molar-refractivity contribution in [1.29, 1.82) is 0 Å². The molecule has 2 N–H and O–H groups in total. The number of rotatable bonds is 9. The molecular formula is C15H26N2O3S. The maximum Gasteiger partial charge on any atom is 0.230 e. The first kappa shape index (κ1) is 18.0. The van der Waals surface area contributed by atoms with E-state index in [4.69, 9.17) is 9.63 Å². The van der Waals surface area contributed by atoms with E-state index in [0.29, 0.717) is 12.3 Å². The number of hydrogen-bond acceptors (Lipinski definition) is 5. The molecular weight excluding hydrogens is 288 g/mol. The number of nitrogens with zero attached hydrogens (tertiary/aromatic N) is 1. The van der Waals surface area contributed by atoms with Gasteiger partial charge in [-0.25, -0.2) is 0 Å². The topological polar surface area (TPSA) is 75.4 Å². The van der Waals surface area contributed by atoms with Gasteiger partial charge in [0.25, 0.3) is 0 Å². The minimum atomic E-state index is 0.0186. The molecule has 1 aromatic rings. The second-order valence-electron chi connectivity index (χ2n) is 6.06. The summed E-state index contributed by atoms with van der Waals surface area (Å²) in [6, 6.07) is 0. The number of aromatic nitrogens is 1. The SMILES string of the molecule is Cc1noc(C)c1CSCC(=O)NCC(C)(C)CCCO. The number of thioether (sulfide) groups is 1. The monoisotopic (exact) mass is 314 g/mol. The quantitative estimate of drug-likeness (QED) is 0.732. The highest BCUT2D eigenvalue weighted by atomic mass is 32.2. The van der Waals surface area contributed by atoms with Gasteiger partial charge in [-0.1, -0.05) is 19.0 Å². The highest BCUT2D eigenvalue weighted by Gasteiger charge is 2.18. The molecule has 1 amide bonds. The van der Waals surface area contributed by atoms with Gasteiger partial charge in [-0.15, -0.1) is 11.8 Å². The average Bonchev–Trinajstić information content (AvgIpc) is 2.75. The molecule has 1 aromatic heterocycles. The van der Waals surface area contributed by atoms with Crippen LogP contribution in [0.2, 0.25) is 0 Å². The van der Waals surface area contributed by atoms with Gasteiger partial charge in [-0.05, 0) is 32.1 Å². The Morgan fingerprint density at radius 1 is 1.43 bits per heavy atom. The fourth-order valence-corrected chi connectivity index (χ4v) is 2.99. The molecule has 0 atom stereocenters. The van der Waals surface area contributed by atoms with Crippen molar-refractivity contribution in [3.05, 3.63) is 17.0 Å². The van der Waals surface area contributed by atoms with E-state index >= 15 is 0 Å². The maximum atomic E-state index is 11.8. The van der Waals surface area contributed by atoms with Gasteiger partial charge in [-0.2, -0.15) is 0 Å². The third kappa shape index (κ3) is 6.52. The Balaban J connectivity index is 2.25. The molecule has 0 aliphatic rings. The van der Waals surface area contributed by atoms with Gasteiger partial charge in [-0.3, -0.25) is 4.79 Å². The van der Waals surface area contributed by atoms with Crippen molar-refractivity contribution in [2.45, 2.75) is 46.3 Å². The van der Waals surface area contributed by atoms with E-state index in [2.05, 4.69) is 24.3 Å². The first-order valence-electron chi connectivity index (χ1n) is 7.23. The number of aryl methyl sites for hydroxylation is 2. The minimum absolute atomic E-state index is 0.0186. The number of hydrogen-bond donors (Lipinski definition) is 2. The van der Waals surface area contributed by atoms with Gasteiger partial charge < -0.3 is 14.9 Å². The van der Waals surface area contributed by atoms with Crippen molar-refractivity contribution in [1.82, 2.24) is 10.5 Å². The van der Waals surface area contributed by atoms with Crippen molar-refractivity contribution in [2.24, 2.45) is 5.41 Å². The Hall–Kier alpha value is -1.01. The first-order valence-corrected chi connectivity index (χ1v) is 8.38. The molecule has 0 saturated carbocycles. The summed E-state index contributed by atoms with van der Waals surface area (Å²) in [5.74, 6) is 2.04. The predicted molar refractivity (Wildman–Crippen MR) is 85.2 cm³/mol. The third-order valence-corrected chi connectivity index (χ3v) is 4.40. The zero-order chi connectivity index (χ0) is 15.9. The van der Waals surface area contributed by atoms with E-state index in [0.717, 1.165) is 35.6 Å². The maximum absolute atomic E-state index is 11.8. The van der Waals surface area contributed by atoms with Crippen LogP contribution in [0.3, 0.4) is 0 Å². The van der Waals surface area contributed by atoms with Crippen molar-refractivity contribution in [2.75, 3.05) is 18.9 Å². The van der Waals surface area contributed by atoms with Crippen LogP contribution >= 0.6 is 11.8 Å². The van der Waals surface area contributed by atoms with Crippen molar-refractivity contribution < 1.29 is 14.4 Å². The molecule has 0 bridgehead atoms. The van der Waals surface area contributed by atoms with E-state index in [1.807, 2.05) is 13.8 Å². The molecule has 1 rings (SSSR count). The molecule has 0 saturated heterocycles. The molecule has 0 unspecified atom stereocenters. The Morgan fingerprint density at radius 2 is 2.14 bits per heavy atom. The molecule has 21 heavy (non-hydrogen) atoms. The lowest BCUT2D eigenvalue weighted by Crippen LogP contribution is -2.35. The number of aliphatic hydroxyl groups excluding tert-OH is 1.